The molecule has 4 heteroatoms. The van der Waals surface area contributed by atoms with Crippen LogP contribution in [0.5, 0.6) is 0 Å². The molecule has 1 radical (unpaired) electrons. The van der Waals surface area contributed by atoms with E-state index >= 15 is 0 Å². The molecule has 0 rings (SSSR count). The first-order chi connectivity index (χ1) is 3.77. The minimum atomic E-state index is 0. The summed E-state index contributed by atoms with van der Waals surface area (Å²) in [6.07, 6.45) is 2.14. The first kappa shape index (κ1) is 11.9. The summed E-state index contributed by atoms with van der Waals surface area (Å²) in [5.41, 5.74) is 5.04. The predicted molar refractivity (Wildman–Crippen MR) is 37.6 cm³/mol. The van der Waals surface area contributed by atoms with Gasteiger partial charge in [-0.3, -0.25) is 0 Å². The van der Waals surface area contributed by atoms with Crippen LogP contribution in [0.25, 0.3) is 0 Å². The van der Waals surface area contributed by atoms with E-state index in [9.17, 15) is 0 Å². The topological polar surface area (TPSA) is 35.2 Å². The van der Waals surface area contributed by atoms with E-state index in [4.69, 9.17) is 10.5 Å². The summed E-state index contributed by atoms with van der Waals surface area (Å²) in [4.78, 5) is 0. The Morgan fingerprint density at radius 1 is 1.67 bits per heavy atom. The zero-order valence-electron chi connectivity index (χ0n) is 5.32. The fourth-order valence-corrected chi connectivity index (χ4v) is 0.400. The van der Waals surface area contributed by atoms with Crippen molar-refractivity contribution in [2.24, 2.45) is 5.73 Å². The van der Waals surface area contributed by atoms with Gasteiger partial charge in [-0.05, 0) is 18.6 Å². The number of unbranched alkanes of at least 4 members (excludes halogenated alkanes) is 1. The molecule has 0 atom stereocenters. The number of hydrogen-bond donors (Lipinski definition) is 1. The number of rotatable bonds is 3. The third-order valence-corrected chi connectivity index (χ3v) is 0.860. The third kappa shape index (κ3) is 11.7. The summed E-state index contributed by atoms with van der Waals surface area (Å²) in [6.45, 7) is 2.74. The Balaban J connectivity index is 0. The van der Waals surface area contributed by atoms with Crippen molar-refractivity contribution in [1.29, 1.82) is 0 Å². The molecule has 0 aliphatic carbocycles. The van der Waals surface area contributed by atoms with E-state index < -0.39 is 0 Å². The van der Waals surface area contributed by atoms with Crippen molar-refractivity contribution < 1.29 is 21.8 Å². The summed E-state index contributed by atoms with van der Waals surface area (Å²) in [5, 5.41) is 0.151. The van der Waals surface area contributed by atoms with Crippen LogP contribution in [0.2, 0.25) is 0 Å². The number of nitrogens with two attached hydrogens (primary N) is 1. The van der Waals surface area contributed by atoms with Gasteiger partial charge in [-0.1, -0.05) is 13.3 Å². The molecule has 0 aliphatic heterocycles. The van der Waals surface area contributed by atoms with Crippen LogP contribution in [-0.2, 0) is 21.8 Å². The molecule has 0 amide bonds. The molecule has 2 nitrogen and oxygen atoms in total. The number of hydrogen-bond acceptors (Lipinski definition) is 2. The zero-order valence-corrected chi connectivity index (χ0v) is 7.07. The fraction of sp³-hybridized carbons (Fsp3) is 0.800. The second kappa shape index (κ2) is 8.21. The molecule has 59 valence electrons. The largest absolute Gasteiger partial charge is 0.471 e. The smallest absolute Gasteiger partial charge is 0.253 e. The predicted octanol–water partition coefficient (Wildman–Crippen LogP) is 1.04. The normalized spacial score (nSPS) is 7.67. The zero-order chi connectivity index (χ0) is 6.41. The Hall–Kier alpha value is 0.209. The Kier molecular flexibility index (Phi) is 10.9. The summed E-state index contributed by atoms with van der Waals surface area (Å²) in [7, 11) is 0. The van der Waals surface area contributed by atoms with Crippen LogP contribution < -0.4 is 5.73 Å². The van der Waals surface area contributed by atoms with Gasteiger partial charge in [0.1, 0.15) is 0 Å². The molecular weight excluding hydrogens is 186 g/mol. The molecule has 0 aromatic carbocycles. The van der Waals surface area contributed by atoms with Crippen molar-refractivity contribution in [1.82, 2.24) is 0 Å². The van der Waals surface area contributed by atoms with Crippen molar-refractivity contribution in [2.75, 3.05) is 6.61 Å². The van der Waals surface area contributed by atoms with Gasteiger partial charge in [0.15, 0.2) is 0 Å². The molecule has 9 heavy (non-hydrogen) atoms. The quantitative estimate of drug-likeness (QED) is 0.417. The van der Waals surface area contributed by atoms with E-state index in [0.717, 1.165) is 12.8 Å². The second-order valence-electron chi connectivity index (χ2n) is 1.52. The van der Waals surface area contributed by atoms with Crippen molar-refractivity contribution in [3.05, 3.63) is 0 Å². The van der Waals surface area contributed by atoms with Crippen LogP contribution in [0.1, 0.15) is 19.8 Å². The molecule has 0 unspecified atom stereocenters. The van der Waals surface area contributed by atoms with Gasteiger partial charge in [0.05, 0.1) is 6.61 Å². The third-order valence-electron chi connectivity index (χ3n) is 0.742. The van der Waals surface area contributed by atoms with E-state index in [2.05, 4.69) is 19.1 Å². The average molecular weight is 197 g/mol. The summed E-state index contributed by atoms with van der Waals surface area (Å²) < 4.78 is 4.79. The first-order valence-corrected chi connectivity index (χ1v) is 3.10. The van der Waals surface area contributed by atoms with Crippen LogP contribution in [0.3, 0.4) is 0 Å². The minimum Gasteiger partial charge on any atom is -0.471 e. The summed E-state index contributed by atoms with van der Waals surface area (Å²) in [6, 6.07) is 0. The van der Waals surface area contributed by atoms with Gasteiger partial charge in [-0.15, -0.1) is 0 Å². The van der Waals surface area contributed by atoms with Crippen molar-refractivity contribution in [2.45, 2.75) is 19.8 Å². The van der Waals surface area contributed by atoms with Crippen molar-refractivity contribution >= 4 is 17.4 Å². The molecular formula is C5H11CuNOS. The van der Waals surface area contributed by atoms with E-state index in [1.54, 1.807) is 0 Å². The maximum absolute atomic E-state index is 5.04. The molecule has 0 bridgehead atoms. The molecule has 0 saturated heterocycles. The summed E-state index contributed by atoms with van der Waals surface area (Å²) >= 11 is 4.46. The van der Waals surface area contributed by atoms with Gasteiger partial charge < -0.3 is 10.5 Å². The van der Waals surface area contributed by atoms with Crippen molar-refractivity contribution in [3.8, 4) is 0 Å². The Bertz CT molecular complexity index is 79.4. The van der Waals surface area contributed by atoms with Gasteiger partial charge in [-0.2, -0.15) is 0 Å². The Labute approximate surface area is 71.6 Å². The monoisotopic (exact) mass is 196 g/mol. The van der Waals surface area contributed by atoms with E-state index in [-0.39, 0.29) is 22.2 Å². The fourth-order valence-electron chi connectivity index (χ4n) is 0.317. The van der Waals surface area contributed by atoms with Crippen LogP contribution in [0.15, 0.2) is 0 Å². The Morgan fingerprint density at radius 3 is 2.56 bits per heavy atom. The van der Waals surface area contributed by atoms with Crippen LogP contribution in [0, 0.1) is 0 Å². The molecule has 0 aromatic heterocycles. The summed E-state index contributed by atoms with van der Waals surface area (Å²) in [5.74, 6) is 0. The average Bonchev–Trinajstić information content (AvgIpc) is 1.66. The second-order valence-corrected chi connectivity index (χ2v) is 1.92. The maximum Gasteiger partial charge on any atom is 0.253 e. The number of thiocarbonyl (C=S) groups is 1. The SMILES string of the molecule is CCCCOC(N)=S.[Cu]. The molecule has 0 aromatic rings. The number of ether oxygens (including phenoxy) is 1. The Morgan fingerprint density at radius 2 is 2.22 bits per heavy atom. The van der Waals surface area contributed by atoms with E-state index in [1.165, 1.54) is 0 Å². The van der Waals surface area contributed by atoms with Gasteiger partial charge in [0, 0.05) is 17.1 Å². The van der Waals surface area contributed by atoms with E-state index in [0.29, 0.717) is 6.61 Å². The van der Waals surface area contributed by atoms with Crippen LogP contribution in [-0.4, -0.2) is 11.8 Å². The van der Waals surface area contributed by atoms with Crippen LogP contribution in [0.4, 0.5) is 0 Å². The maximum atomic E-state index is 5.04. The molecule has 0 aliphatic rings. The van der Waals surface area contributed by atoms with Gasteiger partial charge >= 0.3 is 0 Å². The molecule has 0 saturated carbocycles. The van der Waals surface area contributed by atoms with E-state index in [1.807, 2.05) is 0 Å². The molecule has 0 spiro atoms. The standard InChI is InChI=1S/C5H11NOS.Cu/c1-2-3-4-7-5(6)8;/h2-4H2,1H3,(H2,6,8);. The van der Waals surface area contributed by atoms with Crippen LogP contribution >= 0.6 is 12.2 Å². The van der Waals surface area contributed by atoms with Gasteiger partial charge in [0.2, 0.25) is 0 Å². The minimum absolute atomic E-state index is 0. The van der Waals surface area contributed by atoms with Gasteiger partial charge in [-0.25, -0.2) is 0 Å². The van der Waals surface area contributed by atoms with Crippen molar-refractivity contribution in [3.63, 3.8) is 0 Å². The molecule has 0 heterocycles. The van der Waals surface area contributed by atoms with Gasteiger partial charge in [0.25, 0.3) is 5.17 Å². The molecule has 0 fully saturated rings. The molecule has 2 N–H and O–H groups in total. The first-order valence-electron chi connectivity index (χ1n) is 2.69.